The smallest absolute Gasteiger partial charge is 0.251 e. The van der Waals surface area contributed by atoms with Crippen LogP contribution in [0.4, 0.5) is 0 Å². The van der Waals surface area contributed by atoms with Crippen LogP contribution in [0.1, 0.15) is 39.0 Å². The molecule has 1 amide bonds. The minimum absolute atomic E-state index is 0.0971. The van der Waals surface area contributed by atoms with E-state index in [1.54, 1.807) is 6.20 Å². The Morgan fingerprint density at radius 1 is 1.39 bits per heavy atom. The lowest BCUT2D eigenvalue weighted by atomic mass is 10.0. The molecule has 23 heavy (non-hydrogen) atoms. The van der Waals surface area contributed by atoms with Crippen molar-refractivity contribution in [3.05, 3.63) is 18.5 Å². The summed E-state index contributed by atoms with van der Waals surface area (Å²) in [6.45, 7) is 4.77. The number of ether oxygens (including phenoxy) is 2. The number of carbonyl (C=O) groups is 1. The molecular weight excluding hydrogens is 294 g/mol. The number of nitrogens with zero attached hydrogens (tertiary/aromatic N) is 3. The topological polar surface area (TPSA) is 56.6 Å². The van der Waals surface area contributed by atoms with E-state index in [1.807, 2.05) is 28.8 Å². The third-order valence-corrected chi connectivity index (χ3v) is 4.77. The number of piperidine rings is 1. The van der Waals surface area contributed by atoms with Crippen LogP contribution in [0.25, 0.3) is 0 Å². The monoisotopic (exact) mass is 321 g/mol. The first kappa shape index (κ1) is 16.5. The van der Waals surface area contributed by atoms with E-state index in [0.717, 1.165) is 45.4 Å². The zero-order valence-electron chi connectivity index (χ0n) is 13.9. The lowest BCUT2D eigenvalue weighted by Gasteiger charge is -2.37. The van der Waals surface area contributed by atoms with Crippen molar-refractivity contribution in [1.82, 2.24) is 14.7 Å². The molecule has 0 radical (unpaired) electrons. The maximum absolute atomic E-state index is 12.8. The predicted octanol–water partition coefficient (Wildman–Crippen LogP) is 1.85. The van der Waals surface area contributed by atoms with Gasteiger partial charge in [0.2, 0.25) is 0 Å². The fourth-order valence-corrected chi connectivity index (χ4v) is 3.44. The molecule has 3 heterocycles. The third kappa shape index (κ3) is 4.32. The summed E-state index contributed by atoms with van der Waals surface area (Å²) in [5.74, 6) is 0.0971. The standard InChI is InChI=1S/C17H27N3O3/c1-14(23-13-16-7-4-11-22-16)17(21)20-10-3-2-6-15(20)12-19-9-5-8-18-19/h5,8-9,14-16H,2-4,6-7,10-13H2,1H3/t14-,15+,16+/m0/s1. The van der Waals surface area contributed by atoms with Crippen LogP contribution in [0.15, 0.2) is 18.5 Å². The van der Waals surface area contributed by atoms with Crippen LogP contribution < -0.4 is 0 Å². The van der Waals surface area contributed by atoms with E-state index >= 15 is 0 Å². The highest BCUT2D eigenvalue weighted by Gasteiger charge is 2.31. The van der Waals surface area contributed by atoms with E-state index in [0.29, 0.717) is 6.61 Å². The molecule has 6 nitrogen and oxygen atoms in total. The van der Waals surface area contributed by atoms with Crippen LogP contribution in [-0.2, 0) is 20.8 Å². The highest BCUT2D eigenvalue weighted by atomic mass is 16.5. The average molecular weight is 321 g/mol. The second kappa shape index (κ2) is 7.93. The number of likely N-dealkylation sites (tertiary alicyclic amines) is 1. The van der Waals surface area contributed by atoms with Crippen molar-refractivity contribution in [3.8, 4) is 0 Å². The Kier molecular flexibility index (Phi) is 5.67. The number of aromatic nitrogens is 2. The molecule has 0 aromatic carbocycles. The molecule has 0 spiro atoms. The molecule has 2 fully saturated rings. The van der Waals surface area contributed by atoms with Crippen molar-refractivity contribution < 1.29 is 14.3 Å². The van der Waals surface area contributed by atoms with Crippen LogP contribution in [0.3, 0.4) is 0 Å². The summed E-state index contributed by atoms with van der Waals surface area (Å²) in [6.07, 6.45) is 8.88. The van der Waals surface area contributed by atoms with Crippen molar-refractivity contribution in [2.75, 3.05) is 19.8 Å². The largest absolute Gasteiger partial charge is 0.376 e. The lowest BCUT2D eigenvalue weighted by molar-refractivity contribution is -0.148. The SMILES string of the molecule is C[C@H](OC[C@H]1CCCO1)C(=O)N1CCCC[C@@H]1Cn1cccn1. The van der Waals surface area contributed by atoms with Gasteiger partial charge in [0.15, 0.2) is 0 Å². The maximum Gasteiger partial charge on any atom is 0.251 e. The normalized spacial score (nSPS) is 26.4. The minimum atomic E-state index is -0.405. The van der Waals surface area contributed by atoms with Crippen molar-refractivity contribution >= 4 is 5.91 Å². The Labute approximate surface area is 137 Å². The van der Waals surface area contributed by atoms with Crippen molar-refractivity contribution in [2.45, 2.75) is 63.8 Å². The number of hydrogen-bond donors (Lipinski definition) is 0. The van der Waals surface area contributed by atoms with Crippen molar-refractivity contribution in [2.24, 2.45) is 0 Å². The molecule has 0 saturated carbocycles. The molecule has 2 saturated heterocycles. The summed E-state index contributed by atoms with van der Waals surface area (Å²) in [4.78, 5) is 14.8. The molecule has 2 aliphatic rings. The van der Waals surface area contributed by atoms with Gasteiger partial charge in [-0.25, -0.2) is 0 Å². The first-order chi connectivity index (χ1) is 11.2. The van der Waals surface area contributed by atoms with Gasteiger partial charge in [-0.05, 0) is 45.1 Å². The molecule has 3 rings (SSSR count). The highest BCUT2D eigenvalue weighted by Crippen LogP contribution is 2.20. The van der Waals surface area contributed by atoms with Crippen LogP contribution >= 0.6 is 0 Å². The quantitative estimate of drug-likeness (QED) is 0.802. The molecule has 0 aliphatic carbocycles. The molecule has 6 heteroatoms. The summed E-state index contributed by atoms with van der Waals surface area (Å²) in [5, 5.41) is 4.27. The van der Waals surface area contributed by atoms with Crippen molar-refractivity contribution in [1.29, 1.82) is 0 Å². The molecule has 0 unspecified atom stereocenters. The molecular formula is C17H27N3O3. The second-order valence-corrected chi connectivity index (χ2v) is 6.52. The van der Waals surface area contributed by atoms with Gasteiger partial charge < -0.3 is 14.4 Å². The Balaban J connectivity index is 1.54. The molecule has 0 N–H and O–H groups in total. The predicted molar refractivity (Wildman–Crippen MR) is 86.0 cm³/mol. The van der Waals surface area contributed by atoms with Gasteiger partial charge >= 0.3 is 0 Å². The van der Waals surface area contributed by atoms with Gasteiger partial charge in [-0.3, -0.25) is 9.48 Å². The number of rotatable bonds is 6. The molecule has 0 bridgehead atoms. The molecule has 3 atom stereocenters. The van der Waals surface area contributed by atoms with Crippen LogP contribution in [-0.4, -0.2) is 58.6 Å². The summed E-state index contributed by atoms with van der Waals surface area (Å²) < 4.78 is 13.3. The Bertz CT molecular complexity index is 485. The van der Waals surface area contributed by atoms with Gasteiger partial charge in [0.25, 0.3) is 5.91 Å². The van der Waals surface area contributed by atoms with Gasteiger partial charge in [0.1, 0.15) is 6.10 Å². The molecule has 1 aromatic heterocycles. The first-order valence-corrected chi connectivity index (χ1v) is 8.75. The summed E-state index contributed by atoms with van der Waals surface area (Å²) in [5.41, 5.74) is 0. The number of amides is 1. The fraction of sp³-hybridized carbons (Fsp3) is 0.765. The Morgan fingerprint density at radius 3 is 3.04 bits per heavy atom. The molecule has 1 aromatic rings. The summed E-state index contributed by atoms with van der Waals surface area (Å²) >= 11 is 0. The van der Waals surface area contributed by atoms with E-state index in [2.05, 4.69) is 5.10 Å². The summed E-state index contributed by atoms with van der Waals surface area (Å²) in [7, 11) is 0. The van der Waals surface area contributed by atoms with E-state index in [9.17, 15) is 4.79 Å². The second-order valence-electron chi connectivity index (χ2n) is 6.52. The average Bonchev–Trinajstić information content (AvgIpc) is 3.26. The zero-order valence-corrected chi connectivity index (χ0v) is 13.9. The minimum Gasteiger partial charge on any atom is -0.376 e. The van der Waals surface area contributed by atoms with Crippen LogP contribution in [0.5, 0.6) is 0 Å². The fourth-order valence-electron chi connectivity index (χ4n) is 3.44. The van der Waals surface area contributed by atoms with E-state index in [-0.39, 0.29) is 18.1 Å². The van der Waals surface area contributed by atoms with Gasteiger partial charge in [0.05, 0.1) is 25.3 Å². The van der Waals surface area contributed by atoms with E-state index < -0.39 is 6.10 Å². The van der Waals surface area contributed by atoms with Gasteiger partial charge in [-0.15, -0.1) is 0 Å². The van der Waals surface area contributed by atoms with Gasteiger partial charge in [0, 0.05) is 25.5 Å². The maximum atomic E-state index is 12.8. The van der Waals surface area contributed by atoms with Crippen molar-refractivity contribution in [3.63, 3.8) is 0 Å². The van der Waals surface area contributed by atoms with Gasteiger partial charge in [-0.2, -0.15) is 5.10 Å². The van der Waals surface area contributed by atoms with E-state index in [1.165, 1.54) is 6.42 Å². The molecule has 2 aliphatic heterocycles. The van der Waals surface area contributed by atoms with E-state index in [4.69, 9.17) is 9.47 Å². The Hall–Kier alpha value is -1.40. The summed E-state index contributed by atoms with van der Waals surface area (Å²) in [6, 6.07) is 2.13. The Morgan fingerprint density at radius 2 is 2.30 bits per heavy atom. The zero-order chi connectivity index (χ0) is 16.1. The highest BCUT2D eigenvalue weighted by molar-refractivity contribution is 5.81. The first-order valence-electron chi connectivity index (χ1n) is 8.75. The van der Waals surface area contributed by atoms with Gasteiger partial charge in [-0.1, -0.05) is 0 Å². The number of carbonyl (C=O) groups excluding carboxylic acids is 1. The molecule has 128 valence electrons. The van der Waals surface area contributed by atoms with Crippen LogP contribution in [0, 0.1) is 0 Å². The lowest BCUT2D eigenvalue weighted by Crippen LogP contribution is -2.50. The number of hydrogen-bond acceptors (Lipinski definition) is 4. The van der Waals surface area contributed by atoms with Crippen LogP contribution in [0.2, 0.25) is 0 Å². The third-order valence-electron chi connectivity index (χ3n) is 4.77.